The second kappa shape index (κ2) is 7.76. The molecular weight excluding hydrogens is 295 g/mol. The van der Waals surface area contributed by atoms with E-state index in [4.69, 9.17) is 9.47 Å². The molecule has 5 heteroatoms. The van der Waals surface area contributed by atoms with Crippen LogP contribution in [0.3, 0.4) is 0 Å². The molecule has 0 aliphatic carbocycles. The molecule has 0 radical (unpaired) electrons. The van der Waals surface area contributed by atoms with E-state index in [0.29, 0.717) is 12.2 Å². The Hall–Kier alpha value is -1.64. The number of hydrogen-bond donors (Lipinski definition) is 0. The van der Waals surface area contributed by atoms with Crippen molar-refractivity contribution in [2.24, 2.45) is 0 Å². The fourth-order valence-electron chi connectivity index (χ4n) is 3.32. The van der Waals surface area contributed by atoms with Gasteiger partial charge < -0.3 is 14.4 Å². The summed E-state index contributed by atoms with van der Waals surface area (Å²) >= 11 is 0. The summed E-state index contributed by atoms with van der Waals surface area (Å²) in [5, 5.41) is 9.17. The molecule has 0 aromatic heterocycles. The van der Waals surface area contributed by atoms with Gasteiger partial charge >= 0.3 is 0 Å². The maximum atomic E-state index is 13.2. The molecule has 1 aromatic carbocycles. The molecule has 0 amide bonds. The van der Waals surface area contributed by atoms with Crippen LogP contribution in [-0.4, -0.2) is 38.5 Å². The van der Waals surface area contributed by atoms with E-state index in [0.717, 1.165) is 51.1 Å². The van der Waals surface area contributed by atoms with Crippen molar-refractivity contribution in [1.29, 1.82) is 5.26 Å². The molecule has 2 heterocycles. The maximum absolute atomic E-state index is 13.2. The van der Waals surface area contributed by atoms with E-state index in [2.05, 4.69) is 11.0 Å². The standard InChI is InChI=1S/C18H23FN2O2/c19-15-4-5-18(14(11-15)12-20)21-8-6-16(7-9-21)23-13-17-3-1-2-10-22-17/h4-5,11,16-17H,1-3,6-10,13H2/t17-/m0/s1. The summed E-state index contributed by atoms with van der Waals surface area (Å²) in [5.41, 5.74) is 1.22. The number of rotatable bonds is 4. The topological polar surface area (TPSA) is 45.5 Å². The number of ether oxygens (including phenoxy) is 2. The zero-order valence-corrected chi connectivity index (χ0v) is 13.3. The fraction of sp³-hybridized carbons (Fsp3) is 0.611. The van der Waals surface area contributed by atoms with Crippen molar-refractivity contribution < 1.29 is 13.9 Å². The molecule has 0 unspecified atom stereocenters. The number of anilines is 1. The minimum atomic E-state index is -0.365. The van der Waals surface area contributed by atoms with Crippen LogP contribution in [0.1, 0.15) is 37.7 Å². The van der Waals surface area contributed by atoms with Crippen molar-refractivity contribution in [2.75, 3.05) is 31.2 Å². The van der Waals surface area contributed by atoms with Crippen LogP contribution in [0.4, 0.5) is 10.1 Å². The van der Waals surface area contributed by atoms with Gasteiger partial charge in [0.05, 0.1) is 30.1 Å². The van der Waals surface area contributed by atoms with Gasteiger partial charge in [0.2, 0.25) is 0 Å². The molecule has 1 atom stereocenters. The largest absolute Gasteiger partial charge is 0.376 e. The number of nitriles is 1. The molecule has 3 rings (SSSR count). The molecule has 2 fully saturated rings. The van der Waals surface area contributed by atoms with Crippen molar-refractivity contribution in [3.8, 4) is 6.07 Å². The van der Waals surface area contributed by atoms with E-state index < -0.39 is 0 Å². The Morgan fingerprint density at radius 2 is 2.09 bits per heavy atom. The van der Waals surface area contributed by atoms with Crippen molar-refractivity contribution in [3.63, 3.8) is 0 Å². The van der Waals surface area contributed by atoms with Crippen molar-refractivity contribution in [1.82, 2.24) is 0 Å². The van der Waals surface area contributed by atoms with Crippen molar-refractivity contribution >= 4 is 5.69 Å². The Bertz CT molecular complexity index is 559. The van der Waals surface area contributed by atoms with E-state index in [1.54, 1.807) is 6.07 Å². The average molecular weight is 318 g/mol. The van der Waals surface area contributed by atoms with Gasteiger partial charge in [0, 0.05) is 19.7 Å². The van der Waals surface area contributed by atoms with E-state index in [1.165, 1.54) is 18.6 Å². The van der Waals surface area contributed by atoms with Gasteiger partial charge in [0.15, 0.2) is 0 Å². The monoisotopic (exact) mass is 318 g/mol. The first-order valence-electron chi connectivity index (χ1n) is 8.44. The summed E-state index contributed by atoms with van der Waals surface area (Å²) in [6, 6.07) is 6.50. The average Bonchev–Trinajstić information content (AvgIpc) is 2.61. The zero-order chi connectivity index (χ0) is 16.1. The Morgan fingerprint density at radius 3 is 2.78 bits per heavy atom. The van der Waals surface area contributed by atoms with Gasteiger partial charge in [-0.25, -0.2) is 4.39 Å². The van der Waals surface area contributed by atoms with Crippen molar-refractivity contribution in [3.05, 3.63) is 29.6 Å². The Morgan fingerprint density at radius 1 is 1.26 bits per heavy atom. The quantitative estimate of drug-likeness (QED) is 0.855. The molecule has 0 bridgehead atoms. The van der Waals surface area contributed by atoms with Gasteiger partial charge in [0.25, 0.3) is 0 Å². The van der Waals surface area contributed by atoms with Crippen LogP contribution in [0.5, 0.6) is 0 Å². The normalized spacial score (nSPS) is 22.8. The second-order valence-electron chi connectivity index (χ2n) is 6.28. The van der Waals surface area contributed by atoms with Crippen LogP contribution in [0.2, 0.25) is 0 Å². The van der Waals surface area contributed by atoms with Crippen LogP contribution in [0, 0.1) is 17.1 Å². The molecular formula is C18H23FN2O2. The van der Waals surface area contributed by atoms with Crippen LogP contribution in [0.15, 0.2) is 18.2 Å². The molecule has 4 nitrogen and oxygen atoms in total. The minimum Gasteiger partial charge on any atom is -0.376 e. The fourth-order valence-corrected chi connectivity index (χ4v) is 3.32. The summed E-state index contributed by atoms with van der Waals surface area (Å²) in [6.45, 7) is 3.20. The Kier molecular flexibility index (Phi) is 5.47. The lowest BCUT2D eigenvalue weighted by molar-refractivity contribution is -0.0672. The SMILES string of the molecule is N#Cc1cc(F)ccc1N1CCC(OC[C@@H]2CCCCO2)CC1. The lowest BCUT2D eigenvalue weighted by Crippen LogP contribution is -2.38. The smallest absolute Gasteiger partial charge is 0.124 e. The third-order valence-corrected chi connectivity index (χ3v) is 4.65. The third-order valence-electron chi connectivity index (χ3n) is 4.65. The summed E-state index contributed by atoms with van der Waals surface area (Å²) in [7, 11) is 0. The molecule has 1 aromatic rings. The highest BCUT2D eigenvalue weighted by Crippen LogP contribution is 2.26. The maximum Gasteiger partial charge on any atom is 0.124 e. The minimum absolute atomic E-state index is 0.253. The third kappa shape index (κ3) is 4.21. The number of benzene rings is 1. The molecule has 0 spiro atoms. The molecule has 124 valence electrons. The molecule has 2 aliphatic rings. The summed E-state index contributed by atoms with van der Waals surface area (Å²) in [5.74, 6) is -0.365. The van der Waals surface area contributed by atoms with Crippen LogP contribution in [0.25, 0.3) is 0 Å². The van der Waals surface area contributed by atoms with E-state index in [1.807, 2.05) is 0 Å². The predicted molar refractivity (Wildman–Crippen MR) is 85.9 cm³/mol. The lowest BCUT2D eigenvalue weighted by Gasteiger charge is -2.34. The summed E-state index contributed by atoms with van der Waals surface area (Å²) in [6.07, 6.45) is 5.85. The number of hydrogen-bond acceptors (Lipinski definition) is 4. The first kappa shape index (κ1) is 16.2. The van der Waals surface area contributed by atoms with Gasteiger partial charge in [0.1, 0.15) is 11.9 Å². The lowest BCUT2D eigenvalue weighted by atomic mass is 10.0. The number of piperidine rings is 1. The molecule has 23 heavy (non-hydrogen) atoms. The number of halogens is 1. The highest BCUT2D eigenvalue weighted by atomic mass is 19.1. The number of nitrogens with zero attached hydrogens (tertiary/aromatic N) is 2. The van der Waals surface area contributed by atoms with Crippen LogP contribution in [-0.2, 0) is 9.47 Å². The van der Waals surface area contributed by atoms with Gasteiger partial charge in [-0.05, 0) is 50.3 Å². The van der Waals surface area contributed by atoms with Crippen LogP contribution >= 0.6 is 0 Å². The van der Waals surface area contributed by atoms with E-state index in [9.17, 15) is 9.65 Å². The zero-order valence-electron chi connectivity index (χ0n) is 13.3. The van der Waals surface area contributed by atoms with Gasteiger partial charge in [-0.15, -0.1) is 0 Å². The van der Waals surface area contributed by atoms with Gasteiger partial charge in [-0.2, -0.15) is 5.26 Å². The first-order valence-corrected chi connectivity index (χ1v) is 8.44. The predicted octanol–water partition coefficient (Wildman–Crippen LogP) is 3.25. The van der Waals surface area contributed by atoms with Gasteiger partial charge in [-0.3, -0.25) is 0 Å². The summed E-state index contributed by atoms with van der Waals surface area (Å²) in [4.78, 5) is 2.15. The van der Waals surface area contributed by atoms with Gasteiger partial charge in [-0.1, -0.05) is 0 Å². The molecule has 0 N–H and O–H groups in total. The Balaban J connectivity index is 1.49. The molecule has 0 saturated carbocycles. The molecule has 2 aliphatic heterocycles. The van der Waals surface area contributed by atoms with E-state index in [-0.39, 0.29) is 18.0 Å². The molecule has 2 saturated heterocycles. The highest BCUT2D eigenvalue weighted by Gasteiger charge is 2.23. The Labute approximate surface area is 136 Å². The summed E-state index contributed by atoms with van der Waals surface area (Å²) < 4.78 is 24.9. The first-order chi connectivity index (χ1) is 11.3. The van der Waals surface area contributed by atoms with E-state index >= 15 is 0 Å². The van der Waals surface area contributed by atoms with Crippen LogP contribution < -0.4 is 4.90 Å². The van der Waals surface area contributed by atoms with Crippen molar-refractivity contribution in [2.45, 2.75) is 44.3 Å². The highest BCUT2D eigenvalue weighted by molar-refractivity contribution is 5.59. The second-order valence-corrected chi connectivity index (χ2v) is 6.28.